The third-order valence-corrected chi connectivity index (χ3v) is 2.85. The second-order valence-electron chi connectivity index (χ2n) is 4.36. The zero-order valence-corrected chi connectivity index (χ0v) is 11.1. The van der Waals surface area contributed by atoms with Gasteiger partial charge < -0.3 is 20.1 Å². The number of aliphatic carboxylic acids is 1. The molecule has 108 valence electrons. The van der Waals surface area contributed by atoms with Gasteiger partial charge in [-0.15, -0.1) is 0 Å². The molecule has 0 aromatic heterocycles. The molecule has 1 aliphatic heterocycles. The van der Waals surface area contributed by atoms with E-state index in [1.54, 1.807) is 0 Å². The molecule has 1 saturated heterocycles. The van der Waals surface area contributed by atoms with Crippen LogP contribution in [0.3, 0.4) is 0 Å². The Morgan fingerprint density at radius 3 is 2.74 bits per heavy atom. The van der Waals surface area contributed by atoms with Crippen LogP contribution in [0.4, 0.5) is 0 Å². The van der Waals surface area contributed by atoms with Gasteiger partial charge in [0.2, 0.25) is 11.8 Å². The summed E-state index contributed by atoms with van der Waals surface area (Å²) < 4.78 is 5.22. The van der Waals surface area contributed by atoms with E-state index in [2.05, 4.69) is 5.32 Å². The number of rotatable bonds is 6. The molecule has 0 aliphatic carbocycles. The summed E-state index contributed by atoms with van der Waals surface area (Å²) in [6.45, 7) is 3.34. The van der Waals surface area contributed by atoms with E-state index in [9.17, 15) is 14.4 Å². The van der Waals surface area contributed by atoms with Crippen molar-refractivity contribution in [3.05, 3.63) is 0 Å². The maximum Gasteiger partial charge on any atom is 0.303 e. The van der Waals surface area contributed by atoms with Gasteiger partial charge in [-0.2, -0.15) is 0 Å². The van der Waals surface area contributed by atoms with E-state index in [1.807, 2.05) is 6.92 Å². The van der Waals surface area contributed by atoms with Gasteiger partial charge in [0.1, 0.15) is 6.04 Å². The third-order valence-electron chi connectivity index (χ3n) is 2.85. The molecule has 1 rings (SSSR count). The Balaban J connectivity index is 2.58. The number of ether oxygens (including phenoxy) is 1. The molecule has 2 amide bonds. The minimum atomic E-state index is -1.02. The van der Waals surface area contributed by atoms with Crippen LogP contribution in [0, 0.1) is 0 Å². The van der Waals surface area contributed by atoms with Crippen LogP contribution < -0.4 is 5.32 Å². The largest absolute Gasteiger partial charge is 0.481 e. The monoisotopic (exact) mass is 272 g/mol. The lowest BCUT2D eigenvalue weighted by Crippen LogP contribution is -2.56. The summed E-state index contributed by atoms with van der Waals surface area (Å²) in [5.74, 6) is -1.58. The fraction of sp³-hybridized carbons (Fsp3) is 0.750. The van der Waals surface area contributed by atoms with Crippen molar-refractivity contribution in [1.82, 2.24) is 10.2 Å². The van der Waals surface area contributed by atoms with Crippen LogP contribution >= 0.6 is 0 Å². The first-order valence-corrected chi connectivity index (χ1v) is 6.43. The molecule has 0 aromatic rings. The summed E-state index contributed by atoms with van der Waals surface area (Å²) in [6, 6.07) is -0.651. The van der Waals surface area contributed by atoms with E-state index in [0.29, 0.717) is 19.7 Å². The summed E-state index contributed by atoms with van der Waals surface area (Å²) in [6.07, 6.45) is 0.499. The van der Waals surface area contributed by atoms with E-state index in [4.69, 9.17) is 9.84 Å². The van der Waals surface area contributed by atoms with E-state index in [-0.39, 0.29) is 31.3 Å². The van der Waals surface area contributed by atoms with Crippen LogP contribution in [0.15, 0.2) is 0 Å². The van der Waals surface area contributed by atoms with Gasteiger partial charge in [-0.05, 0) is 6.42 Å². The number of carbonyl (C=O) groups is 3. The lowest BCUT2D eigenvalue weighted by Gasteiger charge is -2.34. The maximum absolute atomic E-state index is 11.9. The highest BCUT2D eigenvalue weighted by molar-refractivity contribution is 5.89. The summed E-state index contributed by atoms with van der Waals surface area (Å²) in [7, 11) is 0. The van der Waals surface area contributed by atoms with Crippen LogP contribution in [0.25, 0.3) is 0 Å². The fourth-order valence-corrected chi connectivity index (χ4v) is 1.84. The number of amides is 2. The first-order chi connectivity index (χ1) is 9.06. The average molecular weight is 272 g/mol. The predicted molar refractivity (Wildman–Crippen MR) is 66.5 cm³/mol. The van der Waals surface area contributed by atoms with E-state index >= 15 is 0 Å². The molecular weight excluding hydrogens is 252 g/mol. The Labute approximate surface area is 111 Å². The number of carboxylic acids is 1. The van der Waals surface area contributed by atoms with Crippen LogP contribution in [0.2, 0.25) is 0 Å². The van der Waals surface area contributed by atoms with Crippen LogP contribution in [-0.4, -0.2) is 60.1 Å². The second-order valence-corrected chi connectivity index (χ2v) is 4.36. The molecule has 1 aliphatic rings. The van der Waals surface area contributed by atoms with Crippen molar-refractivity contribution in [3.8, 4) is 0 Å². The molecule has 0 bridgehead atoms. The fourth-order valence-electron chi connectivity index (χ4n) is 1.84. The van der Waals surface area contributed by atoms with Gasteiger partial charge in [0.15, 0.2) is 0 Å². The molecule has 0 spiro atoms. The van der Waals surface area contributed by atoms with Crippen molar-refractivity contribution in [3.63, 3.8) is 0 Å². The van der Waals surface area contributed by atoms with Gasteiger partial charge in [-0.3, -0.25) is 14.4 Å². The zero-order chi connectivity index (χ0) is 14.3. The number of carboxylic acid groups (broad SMARTS) is 1. The summed E-state index contributed by atoms with van der Waals surface area (Å²) in [5.41, 5.74) is 0. The Morgan fingerprint density at radius 2 is 2.11 bits per heavy atom. The lowest BCUT2D eigenvalue weighted by molar-refractivity contribution is -0.150. The van der Waals surface area contributed by atoms with Crippen molar-refractivity contribution in [2.45, 2.75) is 32.2 Å². The van der Waals surface area contributed by atoms with Crippen LogP contribution in [-0.2, 0) is 19.1 Å². The highest BCUT2D eigenvalue weighted by Crippen LogP contribution is 2.10. The summed E-state index contributed by atoms with van der Waals surface area (Å²) >= 11 is 0. The highest BCUT2D eigenvalue weighted by atomic mass is 16.5. The van der Waals surface area contributed by atoms with E-state index in [1.165, 1.54) is 4.90 Å². The zero-order valence-electron chi connectivity index (χ0n) is 11.1. The predicted octanol–water partition coefficient (Wildman–Crippen LogP) is -0.395. The van der Waals surface area contributed by atoms with Gasteiger partial charge in [0, 0.05) is 19.5 Å². The number of hydrogen-bond acceptors (Lipinski definition) is 4. The standard InChI is InChI=1S/C12H20N2O5/c1-2-5-13-12(18)9-8-19-7-6-14(9)10(15)3-4-11(16)17/h9H,2-8H2,1H3,(H,13,18)(H,16,17). The van der Waals surface area contributed by atoms with Crippen molar-refractivity contribution in [1.29, 1.82) is 0 Å². The first kappa shape index (κ1) is 15.4. The number of hydrogen-bond donors (Lipinski definition) is 2. The topological polar surface area (TPSA) is 95.9 Å². The van der Waals surface area contributed by atoms with Gasteiger partial charge in [0.25, 0.3) is 0 Å². The average Bonchev–Trinajstić information content (AvgIpc) is 2.42. The van der Waals surface area contributed by atoms with Crippen molar-refractivity contribution >= 4 is 17.8 Å². The molecule has 1 atom stereocenters. The number of carbonyl (C=O) groups excluding carboxylic acids is 2. The van der Waals surface area contributed by atoms with Gasteiger partial charge in [-0.25, -0.2) is 0 Å². The van der Waals surface area contributed by atoms with Crippen molar-refractivity contribution in [2.75, 3.05) is 26.3 Å². The Hall–Kier alpha value is -1.63. The first-order valence-electron chi connectivity index (χ1n) is 6.43. The molecule has 1 unspecified atom stereocenters. The molecule has 0 saturated carbocycles. The molecule has 7 heteroatoms. The van der Waals surface area contributed by atoms with E-state index < -0.39 is 12.0 Å². The highest BCUT2D eigenvalue weighted by Gasteiger charge is 2.32. The van der Waals surface area contributed by atoms with Crippen molar-refractivity contribution in [2.24, 2.45) is 0 Å². The molecule has 0 aromatic carbocycles. The molecule has 0 radical (unpaired) electrons. The van der Waals surface area contributed by atoms with Gasteiger partial charge >= 0.3 is 5.97 Å². The quantitative estimate of drug-likeness (QED) is 0.686. The number of nitrogens with zero attached hydrogens (tertiary/aromatic N) is 1. The van der Waals surface area contributed by atoms with Crippen molar-refractivity contribution < 1.29 is 24.2 Å². The SMILES string of the molecule is CCCNC(=O)C1COCCN1C(=O)CCC(=O)O. The summed E-state index contributed by atoms with van der Waals surface area (Å²) in [5, 5.41) is 11.3. The van der Waals surface area contributed by atoms with Crippen LogP contribution in [0.1, 0.15) is 26.2 Å². The second kappa shape index (κ2) is 7.73. The summed E-state index contributed by atoms with van der Waals surface area (Å²) in [4.78, 5) is 35.7. The smallest absolute Gasteiger partial charge is 0.303 e. The third kappa shape index (κ3) is 4.86. The molecule has 2 N–H and O–H groups in total. The molecule has 1 heterocycles. The Morgan fingerprint density at radius 1 is 1.37 bits per heavy atom. The minimum absolute atomic E-state index is 0.0904. The van der Waals surface area contributed by atoms with Gasteiger partial charge in [0.05, 0.1) is 19.6 Å². The minimum Gasteiger partial charge on any atom is -0.481 e. The Bertz CT molecular complexity index is 345. The Kier molecular flexibility index (Phi) is 6.27. The lowest BCUT2D eigenvalue weighted by atomic mass is 10.1. The van der Waals surface area contributed by atoms with E-state index in [0.717, 1.165) is 6.42 Å². The number of nitrogens with one attached hydrogen (secondary N) is 1. The molecule has 1 fully saturated rings. The van der Waals surface area contributed by atoms with Gasteiger partial charge in [-0.1, -0.05) is 6.92 Å². The molecule has 19 heavy (non-hydrogen) atoms. The molecular formula is C12H20N2O5. The number of morpholine rings is 1. The maximum atomic E-state index is 11.9. The van der Waals surface area contributed by atoms with Crippen LogP contribution in [0.5, 0.6) is 0 Å². The molecule has 7 nitrogen and oxygen atoms in total. The normalized spacial score (nSPS) is 19.0.